The predicted molar refractivity (Wildman–Crippen MR) is 199 cm³/mol. The van der Waals surface area contributed by atoms with E-state index >= 15 is 0 Å². The number of unbranched alkanes of at least 4 members (excludes halogenated alkanes) is 18. The van der Waals surface area contributed by atoms with E-state index in [1.807, 2.05) is 25.1 Å². The van der Waals surface area contributed by atoms with Crippen molar-refractivity contribution in [2.24, 2.45) is 0 Å². The lowest BCUT2D eigenvalue weighted by atomic mass is 10.0. The maximum Gasteiger partial charge on any atom is 0.296 e. The van der Waals surface area contributed by atoms with Gasteiger partial charge in [0.15, 0.2) is 0 Å². The number of hydrogen-bond acceptors (Lipinski definition) is 6. The summed E-state index contributed by atoms with van der Waals surface area (Å²) >= 11 is 0. The molecule has 7 heteroatoms. The molecule has 0 fully saturated rings. The van der Waals surface area contributed by atoms with Gasteiger partial charge in [-0.2, -0.15) is 8.42 Å². The van der Waals surface area contributed by atoms with Gasteiger partial charge in [0.2, 0.25) is 0 Å². The summed E-state index contributed by atoms with van der Waals surface area (Å²) in [6.45, 7) is 7.84. The summed E-state index contributed by atoms with van der Waals surface area (Å²) in [5.74, 6) is 0. The van der Waals surface area contributed by atoms with Crippen LogP contribution in [0.25, 0.3) is 0 Å². The van der Waals surface area contributed by atoms with E-state index < -0.39 is 10.1 Å². The van der Waals surface area contributed by atoms with E-state index in [0.29, 0.717) is 19.8 Å². The van der Waals surface area contributed by atoms with Crippen molar-refractivity contribution in [3.05, 3.63) is 65.7 Å². The minimum absolute atomic E-state index is 0.000214. The monoisotopic (exact) mass is 688 g/mol. The Hall–Kier alpha value is -1.77. The summed E-state index contributed by atoms with van der Waals surface area (Å²) in [6.07, 6.45) is 24.6. The van der Waals surface area contributed by atoms with E-state index in [9.17, 15) is 8.42 Å². The molecule has 0 heterocycles. The highest BCUT2D eigenvalue weighted by molar-refractivity contribution is 7.86. The van der Waals surface area contributed by atoms with Gasteiger partial charge in [0, 0.05) is 13.2 Å². The van der Waals surface area contributed by atoms with Gasteiger partial charge in [-0.05, 0) is 43.9 Å². The minimum atomic E-state index is -3.63. The highest BCUT2D eigenvalue weighted by atomic mass is 32.2. The molecule has 274 valence electrons. The molecule has 0 aliphatic rings. The molecule has 48 heavy (non-hydrogen) atoms. The fourth-order valence-corrected chi connectivity index (χ4v) is 6.69. The summed E-state index contributed by atoms with van der Waals surface area (Å²) in [4.78, 5) is 0.239. The van der Waals surface area contributed by atoms with E-state index in [0.717, 1.165) is 50.9 Å². The predicted octanol–water partition coefficient (Wildman–Crippen LogP) is 11.1. The smallest absolute Gasteiger partial charge is 0.296 e. The number of rotatable bonds is 33. The van der Waals surface area contributed by atoms with E-state index in [2.05, 4.69) is 19.1 Å². The van der Waals surface area contributed by atoms with Crippen LogP contribution in [0.1, 0.15) is 146 Å². The van der Waals surface area contributed by atoms with Gasteiger partial charge in [0.25, 0.3) is 10.1 Å². The fraction of sp³-hybridized carbons (Fsp3) is 0.707. The molecule has 0 aromatic heterocycles. The molecule has 6 nitrogen and oxygen atoms in total. The summed E-state index contributed by atoms with van der Waals surface area (Å²) in [5.41, 5.74) is 2.23. The Morgan fingerprint density at radius 2 is 1.02 bits per heavy atom. The molecule has 0 spiro atoms. The molecule has 0 aliphatic heterocycles. The third-order valence-corrected chi connectivity index (χ3v) is 10.1. The van der Waals surface area contributed by atoms with E-state index in [4.69, 9.17) is 18.4 Å². The molecule has 2 aromatic rings. The van der Waals surface area contributed by atoms with Crippen LogP contribution in [0.5, 0.6) is 0 Å². The Bertz CT molecular complexity index is 1090. The van der Waals surface area contributed by atoms with Gasteiger partial charge in [0.05, 0.1) is 31.3 Å². The second-order valence-electron chi connectivity index (χ2n) is 13.4. The zero-order valence-electron chi connectivity index (χ0n) is 30.5. The van der Waals surface area contributed by atoms with Crippen LogP contribution >= 0.6 is 0 Å². The third-order valence-electron chi connectivity index (χ3n) is 8.80. The van der Waals surface area contributed by atoms with E-state index in [1.54, 1.807) is 24.3 Å². The van der Waals surface area contributed by atoms with Crippen LogP contribution < -0.4 is 0 Å². The van der Waals surface area contributed by atoms with Crippen LogP contribution in [0, 0.1) is 6.92 Å². The molecule has 0 radical (unpaired) electrons. The van der Waals surface area contributed by atoms with Gasteiger partial charge in [-0.15, -0.1) is 0 Å². The Balaban J connectivity index is 1.37. The molecule has 1 atom stereocenters. The number of aryl methyl sites for hydroxylation is 1. The average molecular weight is 689 g/mol. The van der Waals surface area contributed by atoms with Gasteiger partial charge in [-0.25, -0.2) is 0 Å². The Morgan fingerprint density at radius 1 is 0.542 bits per heavy atom. The second kappa shape index (κ2) is 29.0. The van der Waals surface area contributed by atoms with Gasteiger partial charge in [-0.3, -0.25) is 4.18 Å². The zero-order chi connectivity index (χ0) is 34.4. The average Bonchev–Trinajstić information content (AvgIpc) is 3.09. The largest absolute Gasteiger partial charge is 0.379 e. The molecule has 0 aliphatic carbocycles. The molecule has 2 rings (SSSR count). The minimum Gasteiger partial charge on any atom is -0.379 e. The number of ether oxygens (including phenoxy) is 3. The Morgan fingerprint density at radius 3 is 1.58 bits per heavy atom. The topological polar surface area (TPSA) is 71.1 Å². The van der Waals surface area contributed by atoms with Crippen LogP contribution in [0.2, 0.25) is 0 Å². The molecular weight excluding hydrogens is 621 g/mol. The van der Waals surface area contributed by atoms with Gasteiger partial charge < -0.3 is 14.2 Å². The highest BCUT2D eigenvalue weighted by Gasteiger charge is 2.14. The lowest BCUT2D eigenvalue weighted by Crippen LogP contribution is -2.26. The highest BCUT2D eigenvalue weighted by Crippen LogP contribution is 2.16. The first-order chi connectivity index (χ1) is 23.5. The van der Waals surface area contributed by atoms with Crippen molar-refractivity contribution in [2.75, 3.05) is 33.0 Å². The summed E-state index contributed by atoms with van der Waals surface area (Å²) in [5, 5.41) is 0. The van der Waals surface area contributed by atoms with Crippen molar-refractivity contribution in [2.45, 2.75) is 160 Å². The molecule has 1 unspecified atom stereocenters. The van der Waals surface area contributed by atoms with Crippen molar-refractivity contribution in [3.8, 4) is 0 Å². The van der Waals surface area contributed by atoms with Gasteiger partial charge >= 0.3 is 0 Å². The maximum absolute atomic E-state index is 12.2. The quantitative estimate of drug-likeness (QED) is 0.0549. The second-order valence-corrected chi connectivity index (χ2v) is 15.0. The third kappa shape index (κ3) is 22.8. The first-order valence-corrected chi connectivity index (χ1v) is 20.7. The van der Waals surface area contributed by atoms with Crippen molar-refractivity contribution in [1.29, 1.82) is 0 Å². The van der Waals surface area contributed by atoms with Crippen LogP contribution in [-0.4, -0.2) is 47.6 Å². The molecule has 0 saturated heterocycles. The number of benzene rings is 2. The maximum atomic E-state index is 12.2. The van der Waals surface area contributed by atoms with Crippen LogP contribution in [0.15, 0.2) is 59.5 Å². The summed E-state index contributed by atoms with van der Waals surface area (Å²) in [6, 6.07) is 17.1. The van der Waals surface area contributed by atoms with Crippen molar-refractivity contribution < 1.29 is 26.8 Å². The zero-order valence-corrected chi connectivity index (χ0v) is 31.3. The molecular formula is C41H68O6S. The van der Waals surface area contributed by atoms with E-state index in [-0.39, 0.29) is 17.6 Å². The molecule has 2 aromatic carbocycles. The van der Waals surface area contributed by atoms with E-state index in [1.165, 1.54) is 102 Å². The van der Waals surface area contributed by atoms with Crippen LogP contribution in [0.3, 0.4) is 0 Å². The van der Waals surface area contributed by atoms with Crippen molar-refractivity contribution in [1.82, 2.24) is 0 Å². The Kier molecular flexibility index (Phi) is 25.6. The van der Waals surface area contributed by atoms with Crippen molar-refractivity contribution >= 4 is 10.1 Å². The fourth-order valence-electron chi connectivity index (χ4n) is 5.74. The van der Waals surface area contributed by atoms with Crippen LogP contribution in [0.4, 0.5) is 0 Å². The number of hydrogen-bond donors (Lipinski definition) is 0. The lowest BCUT2D eigenvalue weighted by Gasteiger charge is -2.18. The van der Waals surface area contributed by atoms with Crippen LogP contribution in [-0.2, 0) is 35.1 Å². The molecule has 0 amide bonds. The normalized spacial score (nSPS) is 12.5. The SMILES string of the molecule is CCCCCCCCOC(COCCCCCCCCCCCCCCCCOS(=O)(=O)c1ccc(C)cc1)COCc1ccccc1. The lowest BCUT2D eigenvalue weighted by molar-refractivity contribution is -0.0645. The molecule has 0 saturated carbocycles. The summed E-state index contributed by atoms with van der Waals surface area (Å²) in [7, 11) is -3.63. The molecule has 0 bridgehead atoms. The summed E-state index contributed by atoms with van der Waals surface area (Å²) < 4.78 is 47.8. The Labute approximate surface area is 294 Å². The van der Waals surface area contributed by atoms with Gasteiger partial charge in [0.1, 0.15) is 6.10 Å². The van der Waals surface area contributed by atoms with Gasteiger partial charge in [-0.1, -0.05) is 164 Å². The first kappa shape index (κ1) is 42.4. The van der Waals surface area contributed by atoms with Crippen molar-refractivity contribution in [3.63, 3.8) is 0 Å². The standard InChI is InChI=1S/C41H68O6S/c1-3-4-5-6-18-24-33-46-40(37-45-35-39-26-21-20-22-27-39)36-44-32-23-17-15-13-11-9-7-8-10-12-14-16-19-25-34-47-48(42,43)41-30-28-38(2)29-31-41/h20-22,26-31,40H,3-19,23-25,32-37H2,1-2H3. The first-order valence-electron chi connectivity index (χ1n) is 19.3. The molecule has 0 N–H and O–H groups in total.